The zero-order valence-corrected chi connectivity index (χ0v) is 12.9. The van der Waals surface area contributed by atoms with Crippen molar-refractivity contribution in [3.05, 3.63) is 0 Å². The first kappa shape index (κ1) is 18.3. The average molecular weight is 296 g/mol. The maximum absolute atomic E-state index is 11.4. The highest BCUT2D eigenvalue weighted by atomic mass is 32.2. The molecule has 0 rings (SSSR count). The van der Waals surface area contributed by atoms with Crippen LogP contribution >= 0.6 is 0 Å². The third kappa shape index (κ3) is 12.1. The molecule has 6 nitrogen and oxygen atoms in total. The molecule has 0 atom stereocenters. The number of hydrogen-bond acceptors (Lipinski definition) is 4. The van der Waals surface area contributed by atoms with Crippen molar-refractivity contribution < 1.29 is 27.0 Å². The van der Waals surface area contributed by atoms with Gasteiger partial charge in [0, 0.05) is 6.42 Å². The van der Waals surface area contributed by atoms with Crippen LogP contribution in [-0.4, -0.2) is 63.0 Å². The Morgan fingerprint density at radius 2 is 1.84 bits per heavy atom. The topological polar surface area (TPSA) is 80.7 Å². The van der Waals surface area contributed by atoms with Gasteiger partial charge >= 0.3 is 5.97 Å². The van der Waals surface area contributed by atoms with E-state index in [1.807, 2.05) is 21.0 Å². The molecular weight excluding hydrogens is 270 g/mol. The highest BCUT2D eigenvalue weighted by Gasteiger charge is 2.19. The normalized spacial score (nSPS) is 12.4. The van der Waals surface area contributed by atoms with Crippen LogP contribution in [0.3, 0.4) is 0 Å². The van der Waals surface area contributed by atoms with E-state index >= 15 is 0 Å². The van der Waals surface area contributed by atoms with Crippen LogP contribution in [0.15, 0.2) is 0 Å². The van der Waals surface area contributed by atoms with Crippen LogP contribution in [-0.2, 0) is 19.6 Å². The Morgan fingerprint density at radius 3 is 2.37 bits per heavy atom. The number of carbonyl (C=O) groups excluding carboxylic acids is 1. The first-order valence-corrected chi connectivity index (χ1v) is 8.20. The molecule has 1 N–H and O–H groups in total. The van der Waals surface area contributed by atoms with Crippen molar-refractivity contribution in [2.24, 2.45) is 0 Å². The Bertz CT molecular complexity index is 364. The molecule has 19 heavy (non-hydrogen) atoms. The van der Waals surface area contributed by atoms with Gasteiger partial charge in [0.15, 0.2) is 0 Å². The molecule has 0 saturated carbocycles. The van der Waals surface area contributed by atoms with Gasteiger partial charge in [-0.25, -0.2) is 0 Å². The van der Waals surface area contributed by atoms with Crippen molar-refractivity contribution in [1.82, 2.24) is 0 Å². The second-order valence-corrected chi connectivity index (χ2v) is 6.92. The van der Waals surface area contributed by atoms with E-state index in [1.54, 1.807) is 0 Å². The van der Waals surface area contributed by atoms with Crippen molar-refractivity contribution >= 4 is 16.1 Å². The molecule has 0 fully saturated rings. The maximum Gasteiger partial charge on any atom is 0.306 e. The van der Waals surface area contributed by atoms with Crippen LogP contribution in [0.5, 0.6) is 0 Å². The van der Waals surface area contributed by atoms with E-state index in [-0.39, 0.29) is 11.7 Å². The summed E-state index contributed by atoms with van der Waals surface area (Å²) in [4.78, 5) is 11.4. The van der Waals surface area contributed by atoms with Gasteiger partial charge in [-0.2, -0.15) is 8.42 Å². The molecule has 0 unspecified atom stereocenters. The molecule has 0 aliphatic carbocycles. The number of esters is 1. The number of nitrogens with zero attached hydrogens (tertiary/aromatic N) is 1. The lowest BCUT2D eigenvalue weighted by Gasteiger charge is -2.29. The van der Waals surface area contributed by atoms with Gasteiger partial charge < -0.3 is 9.22 Å². The Morgan fingerprint density at radius 1 is 1.21 bits per heavy atom. The van der Waals surface area contributed by atoms with Gasteiger partial charge in [0.2, 0.25) is 0 Å². The van der Waals surface area contributed by atoms with Gasteiger partial charge in [-0.05, 0) is 6.42 Å². The predicted octanol–water partition coefficient (Wildman–Crippen LogP) is 1.07. The predicted molar refractivity (Wildman–Crippen MR) is 73.4 cm³/mol. The van der Waals surface area contributed by atoms with Gasteiger partial charge in [-0.1, -0.05) is 13.3 Å². The quantitative estimate of drug-likeness (QED) is 0.282. The number of ether oxygens (including phenoxy) is 1. The minimum absolute atomic E-state index is 0.205. The molecule has 0 heterocycles. The highest BCUT2D eigenvalue weighted by Crippen LogP contribution is 2.04. The zero-order valence-electron chi connectivity index (χ0n) is 12.1. The Labute approximate surface area is 116 Å². The van der Waals surface area contributed by atoms with E-state index in [0.29, 0.717) is 37.0 Å². The summed E-state index contributed by atoms with van der Waals surface area (Å²) in [6, 6.07) is 0. The maximum atomic E-state index is 11.4. The molecule has 0 radical (unpaired) electrons. The number of rotatable bonds is 10. The van der Waals surface area contributed by atoms with E-state index in [2.05, 4.69) is 0 Å². The van der Waals surface area contributed by atoms with Crippen LogP contribution in [0, 0.1) is 0 Å². The summed E-state index contributed by atoms with van der Waals surface area (Å²) >= 11 is 0. The Balaban J connectivity index is 3.82. The molecule has 0 aliphatic heterocycles. The van der Waals surface area contributed by atoms with Gasteiger partial charge in [-0.3, -0.25) is 9.35 Å². The molecule has 114 valence electrons. The average Bonchev–Trinajstić information content (AvgIpc) is 2.26. The van der Waals surface area contributed by atoms with E-state index in [4.69, 9.17) is 9.29 Å². The fourth-order valence-corrected chi connectivity index (χ4v) is 2.25. The minimum atomic E-state index is -3.92. The highest BCUT2D eigenvalue weighted by molar-refractivity contribution is 7.85. The summed E-state index contributed by atoms with van der Waals surface area (Å²) in [7, 11) is -0.184. The molecule has 0 saturated heterocycles. The lowest BCUT2D eigenvalue weighted by Crippen LogP contribution is -2.44. The summed E-state index contributed by atoms with van der Waals surface area (Å²) < 4.78 is 35.5. The first-order valence-electron chi connectivity index (χ1n) is 6.59. The Hall–Kier alpha value is -0.660. The summed E-state index contributed by atoms with van der Waals surface area (Å²) in [6.07, 6.45) is 2.86. The summed E-state index contributed by atoms with van der Waals surface area (Å²) in [5.41, 5.74) is 0. The van der Waals surface area contributed by atoms with Gasteiger partial charge in [-0.15, -0.1) is 0 Å². The smallest absolute Gasteiger partial charge is 0.306 e. The third-order valence-corrected chi connectivity index (χ3v) is 3.56. The monoisotopic (exact) mass is 296 g/mol. The van der Waals surface area contributed by atoms with Gasteiger partial charge in [0.05, 0.1) is 40.2 Å². The summed E-state index contributed by atoms with van der Waals surface area (Å²) in [6.45, 7) is 3.49. The third-order valence-electron chi connectivity index (χ3n) is 2.86. The van der Waals surface area contributed by atoms with Crippen LogP contribution in [0.1, 0.15) is 32.6 Å². The molecule has 0 aliphatic rings. The zero-order chi connectivity index (χ0) is 14.9. The molecule has 0 spiro atoms. The molecule has 0 aromatic rings. The van der Waals surface area contributed by atoms with Crippen molar-refractivity contribution in [3.63, 3.8) is 0 Å². The molecule has 0 bridgehead atoms. The van der Waals surface area contributed by atoms with Crippen LogP contribution in [0.4, 0.5) is 0 Å². The lowest BCUT2D eigenvalue weighted by atomic mass is 10.2. The van der Waals surface area contributed by atoms with E-state index in [9.17, 15) is 13.2 Å². The van der Waals surface area contributed by atoms with Crippen molar-refractivity contribution in [2.45, 2.75) is 32.6 Å². The molecule has 0 amide bonds. The number of unbranched alkanes of at least 4 members (excludes halogenated alkanes) is 1. The van der Waals surface area contributed by atoms with Gasteiger partial charge in [0.25, 0.3) is 10.1 Å². The SMILES string of the molecule is CCCCOC(=O)CCC[N+](C)(C)CCS(=O)(=O)O. The second kappa shape index (κ2) is 8.50. The van der Waals surface area contributed by atoms with E-state index < -0.39 is 10.1 Å². The molecular formula is C12H26NO5S+. The molecule has 0 aromatic heterocycles. The largest absolute Gasteiger partial charge is 0.466 e. The number of carbonyl (C=O) groups is 1. The summed E-state index contributed by atoms with van der Waals surface area (Å²) in [5.74, 6) is -0.468. The standard InChI is InChI=1S/C12H25NO5S/c1-4-5-10-18-12(14)7-6-8-13(2,3)9-11-19(15,16)17/h4-11H2,1-3H3/p+1. The Kier molecular flexibility index (Phi) is 8.20. The van der Waals surface area contributed by atoms with Crippen molar-refractivity contribution in [1.29, 1.82) is 0 Å². The molecule has 7 heteroatoms. The number of quaternary nitrogens is 1. The van der Waals surface area contributed by atoms with Crippen molar-refractivity contribution in [3.8, 4) is 0 Å². The second-order valence-electron chi connectivity index (χ2n) is 5.35. The summed E-state index contributed by atoms with van der Waals surface area (Å²) in [5, 5.41) is 0. The van der Waals surface area contributed by atoms with E-state index in [1.165, 1.54) is 0 Å². The number of hydrogen-bond donors (Lipinski definition) is 1. The van der Waals surface area contributed by atoms with Crippen LogP contribution < -0.4 is 0 Å². The van der Waals surface area contributed by atoms with E-state index in [0.717, 1.165) is 12.8 Å². The van der Waals surface area contributed by atoms with Crippen molar-refractivity contribution in [2.75, 3.05) is 39.5 Å². The first-order chi connectivity index (χ1) is 8.66. The fourth-order valence-electron chi connectivity index (χ4n) is 1.53. The van der Waals surface area contributed by atoms with Crippen LogP contribution in [0.25, 0.3) is 0 Å². The lowest BCUT2D eigenvalue weighted by molar-refractivity contribution is -0.888. The minimum Gasteiger partial charge on any atom is -0.466 e. The molecule has 0 aromatic carbocycles. The van der Waals surface area contributed by atoms with Crippen LogP contribution in [0.2, 0.25) is 0 Å². The van der Waals surface area contributed by atoms with Gasteiger partial charge in [0.1, 0.15) is 5.75 Å². The fraction of sp³-hybridized carbons (Fsp3) is 0.917.